The Labute approximate surface area is 167 Å². The summed E-state index contributed by atoms with van der Waals surface area (Å²) in [6, 6.07) is 9.56. The Morgan fingerprint density at radius 1 is 1.11 bits per heavy atom. The van der Waals surface area contributed by atoms with Crippen LogP contribution in [-0.4, -0.2) is 29.2 Å². The number of rotatable bonds is 4. The minimum Gasteiger partial charge on any atom is -0.319 e. The number of benzene rings is 2. The number of carbonyl (C=O) groups is 3. The maximum absolute atomic E-state index is 13.0. The standard InChI is InChI=1S/C20H18Cl2N2O3/c1-11-4-5-12(2)14(8-11)17(25)10-24-18(26)20(3,23-19(24)27)15-7-6-13(21)9-16(15)22/h4-9H,10H2,1-3H3,(H,23,27)/t20-/m1/s1. The minimum absolute atomic E-state index is 0.265. The lowest BCUT2D eigenvalue weighted by molar-refractivity contribution is -0.130. The van der Waals surface area contributed by atoms with Crippen LogP contribution < -0.4 is 5.32 Å². The number of urea groups is 1. The summed E-state index contributed by atoms with van der Waals surface area (Å²) in [5, 5.41) is 3.33. The number of ketones is 1. The summed E-state index contributed by atoms with van der Waals surface area (Å²) in [6.45, 7) is 4.92. The van der Waals surface area contributed by atoms with Crippen molar-refractivity contribution in [1.82, 2.24) is 10.2 Å². The summed E-state index contributed by atoms with van der Waals surface area (Å²) in [7, 11) is 0. The third-order valence-electron chi connectivity index (χ3n) is 4.74. The number of nitrogens with zero attached hydrogens (tertiary/aromatic N) is 1. The van der Waals surface area contributed by atoms with Gasteiger partial charge in [-0.15, -0.1) is 0 Å². The predicted molar refractivity (Wildman–Crippen MR) is 104 cm³/mol. The minimum atomic E-state index is -1.36. The van der Waals surface area contributed by atoms with Crippen molar-refractivity contribution in [1.29, 1.82) is 0 Å². The fourth-order valence-corrected chi connectivity index (χ4v) is 3.78. The van der Waals surface area contributed by atoms with Gasteiger partial charge in [-0.25, -0.2) is 4.79 Å². The van der Waals surface area contributed by atoms with Crippen molar-refractivity contribution in [3.8, 4) is 0 Å². The number of hydrogen-bond donors (Lipinski definition) is 1. The van der Waals surface area contributed by atoms with Crippen LogP contribution in [0.4, 0.5) is 4.79 Å². The quantitative estimate of drug-likeness (QED) is 0.611. The molecule has 1 atom stereocenters. The molecule has 0 saturated carbocycles. The van der Waals surface area contributed by atoms with E-state index in [1.165, 1.54) is 6.07 Å². The summed E-state index contributed by atoms with van der Waals surface area (Å²) in [5.74, 6) is -0.832. The normalized spacial score (nSPS) is 19.4. The van der Waals surface area contributed by atoms with E-state index in [9.17, 15) is 14.4 Å². The van der Waals surface area contributed by atoms with Gasteiger partial charge in [0.25, 0.3) is 5.91 Å². The Bertz CT molecular complexity index is 974. The highest BCUT2D eigenvalue weighted by molar-refractivity contribution is 6.35. The van der Waals surface area contributed by atoms with Crippen LogP contribution in [0.3, 0.4) is 0 Å². The number of carbonyl (C=O) groups excluding carboxylic acids is 3. The van der Waals surface area contributed by atoms with E-state index in [-0.39, 0.29) is 17.4 Å². The molecule has 1 fully saturated rings. The highest BCUT2D eigenvalue weighted by Gasteiger charge is 2.50. The first-order valence-corrected chi connectivity index (χ1v) is 9.09. The molecule has 3 rings (SSSR count). The first kappa shape index (κ1) is 19.4. The summed E-state index contributed by atoms with van der Waals surface area (Å²) in [6.07, 6.45) is 0. The van der Waals surface area contributed by atoms with Gasteiger partial charge in [0.05, 0.1) is 6.54 Å². The zero-order chi connectivity index (χ0) is 19.9. The summed E-state index contributed by atoms with van der Waals surface area (Å²) in [5.41, 5.74) is 1.28. The molecule has 0 aliphatic carbocycles. The average Bonchev–Trinajstić information content (AvgIpc) is 2.80. The molecule has 0 aromatic heterocycles. The Kier molecular flexibility index (Phi) is 5.02. The van der Waals surface area contributed by atoms with Gasteiger partial charge < -0.3 is 5.32 Å². The van der Waals surface area contributed by atoms with Crippen molar-refractivity contribution in [2.75, 3.05) is 6.54 Å². The van der Waals surface area contributed by atoms with Crippen molar-refractivity contribution >= 4 is 40.9 Å². The second-order valence-electron chi connectivity index (χ2n) is 6.81. The van der Waals surface area contributed by atoms with E-state index in [2.05, 4.69) is 5.32 Å². The largest absolute Gasteiger partial charge is 0.325 e. The van der Waals surface area contributed by atoms with Crippen LogP contribution in [0.1, 0.15) is 34.0 Å². The van der Waals surface area contributed by atoms with Crippen LogP contribution >= 0.6 is 23.2 Å². The topological polar surface area (TPSA) is 66.5 Å². The number of hydrogen-bond acceptors (Lipinski definition) is 3. The number of imide groups is 1. The lowest BCUT2D eigenvalue weighted by Crippen LogP contribution is -2.41. The maximum Gasteiger partial charge on any atom is 0.325 e. The van der Waals surface area contributed by atoms with Gasteiger partial charge in [-0.2, -0.15) is 0 Å². The van der Waals surface area contributed by atoms with Gasteiger partial charge in [0.15, 0.2) is 5.78 Å². The first-order valence-electron chi connectivity index (χ1n) is 8.33. The maximum atomic E-state index is 13.0. The van der Waals surface area contributed by atoms with Crippen LogP contribution in [0.15, 0.2) is 36.4 Å². The van der Waals surface area contributed by atoms with Crippen LogP contribution in [0.2, 0.25) is 10.0 Å². The molecular formula is C20H18Cl2N2O3. The molecule has 0 unspecified atom stereocenters. The third-order valence-corrected chi connectivity index (χ3v) is 5.29. The van der Waals surface area contributed by atoms with Crippen molar-refractivity contribution in [2.45, 2.75) is 26.3 Å². The number of halogens is 2. The van der Waals surface area contributed by atoms with Gasteiger partial charge in [0.2, 0.25) is 0 Å². The molecule has 0 spiro atoms. The van der Waals surface area contributed by atoms with E-state index in [0.717, 1.165) is 16.0 Å². The van der Waals surface area contributed by atoms with Gasteiger partial charge in [0, 0.05) is 21.2 Å². The van der Waals surface area contributed by atoms with E-state index >= 15 is 0 Å². The van der Waals surface area contributed by atoms with Gasteiger partial charge in [-0.05, 0) is 44.5 Å². The molecule has 2 aromatic carbocycles. The van der Waals surface area contributed by atoms with E-state index < -0.39 is 17.5 Å². The first-order chi connectivity index (χ1) is 12.6. The van der Waals surface area contributed by atoms with Crippen LogP contribution in [0.25, 0.3) is 0 Å². The Morgan fingerprint density at radius 3 is 2.48 bits per heavy atom. The molecule has 5 nitrogen and oxygen atoms in total. The zero-order valence-electron chi connectivity index (χ0n) is 15.1. The van der Waals surface area contributed by atoms with E-state index in [4.69, 9.17) is 23.2 Å². The number of amides is 3. The summed E-state index contributed by atoms with van der Waals surface area (Å²) >= 11 is 12.1. The van der Waals surface area contributed by atoms with Crippen molar-refractivity contribution in [3.05, 3.63) is 68.7 Å². The Morgan fingerprint density at radius 2 is 1.81 bits per heavy atom. The van der Waals surface area contributed by atoms with E-state index in [1.54, 1.807) is 25.1 Å². The van der Waals surface area contributed by atoms with Gasteiger partial charge >= 0.3 is 6.03 Å². The molecule has 27 heavy (non-hydrogen) atoms. The smallest absolute Gasteiger partial charge is 0.319 e. The number of Topliss-reactive ketones (excluding diaryl/α,β-unsaturated/α-hetero) is 1. The van der Waals surface area contributed by atoms with Gasteiger partial charge in [-0.3, -0.25) is 14.5 Å². The molecule has 1 aliphatic rings. The highest BCUT2D eigenvalue weighted by Crippen LogP contribution is 2.35. The van der Waals surface area contributed by atoms with Crippen molar-refractivity contribution in [3.63, 3.8) is 0 Å². The van der Waals surface area contributed by atoms with Crippen molar-refractivity contribution < 1.29 is 14.4 Å². The van der Waals surface area contributed by atoms with Crippen LogP contribution in [0, 0.1) is 13.8 Å². The van der Waals surface area contributed by atoms with E-state index in [0.29, 0.717) is 16.1 Å². The fourth-order valence-electron chi connectivity index (χ4n) is 3.18. The second kappa shape index (κ2) is 6.98. The third kappa shape index (κ3) is 3.45. The molecule has 140 valence electrons. The molecule has 3 amide bonds. The lowest BCUT2D eigenvalue weighted by Gasteiger charge is -2.23. The summed E-state index contributed by atoms with van der Waals surface area (Å²) in [4.78, 5) is 39.1. The molecule has 0 bridgehead atoms. The number of aryl methyl sites for hydroxylation is 2. The second-order valence-corrected chi connectivity index (χ2v) is 7.66. The molecule has 0 radical (unpaired) electrons. The highest BCUT2D eigenvalue weighted by atomic mass is 35.5. The molecular weight excluding hydrogens is 387 g/mol. The summed E-state index contributed by atoms with van der Waals surface area (Å²) < 4.78 is 0. The van der Waals surface area contributed by atoms with E-state index in [1.807, 2.05) is 26.0 Å². The molecule has 7 heteroatoms. The fraction of sp³-hybridized carbons (Fsp3) is 0.250. The SMILES string of the molecule is Cc1ccc(C)c(C(=O)CN2C(=O)N[C@](C)(c3ccc(Cl)cc3Cl)C2=O)c1. The van der Waals surface area contributed by atoms with Gasteiger partial charge in [0.1, 0.15) is 5.54 Å². The molecule has 1 aliphatic heterocycles. The Hall–Kier alpha value is -2.37. The van der Waals surface area contributed by atoms with Crippen molar-refractivity contribution in [2.24, 2.45) is 0 Å². The molecule has 2 aromatic rings. The lowest BCUT2D eigenvalue weighted by atomic mass is 9.92. The van der Waals surface area contributed by atoms with Crippen LogP contribution in [0.5, 0.6) is 0 Å². The average molecular weight is 405 g/mol. The van der Waals surface area contributed by atoms with Gasteiger partial charge in [-0.1, -0.05) is 47.0 Å². The molecule has 1 saturated heterocycles. The predicted octanol–water partition coefficient (Wildman–Crippen LogP) is 4.26. The number of nitrogens with one attached hydrogen (secondary N) is 1. The van der Waals surface area contributed by atoms with Crippen LogP contribution in [-0.2, 0) is 10.3 Å². The monoisotopic (exact) mass is 404 g/mol. The zero-order valence-corrected chi connectivity index (χ0v) is 16.6. The molecule has 1 N–H and O–H groups in total. The Balaban J connectivity index is 1.90. The molecule has 1 heterocycles.